The maximum absolute atomic E-state index is 11.8. The smallest absolute Gasteiger partial charge is 0.320 e. The quantitative estimate of drug-likeness (QED) is 0.698. The van der Waals surface area contributed by atoms with Crippen molar-refractivity contribution in [2.45, 2.75) is 26.4 Å². The number of rotatable bonds is 3. The summed E-state index contributed by atoms with van der Waals surface area (Å²) in [6.45, 7) is 5.37. The van der Waals surface area contributed by atoms with Crippen molar-refractivity contribution in [3.05, 3.63) is 71.8 Å². The van der Waals surface area contributed by atoms with Crippen molar-refractivity contribution in [3.63, 3.8) is 0 Å². The third kappa shape index (κ3) is 7.38. The van der Waals surface area contributed by atoms with Crippen molar-refractivity contribution in [2.75, 3.05) is 6.54 Å². The largest absolute Gasteiger partial charge is 0.459 e. The van der Waals surface area contributed by atoms with Crippen molar-refractivity contribution in [3.8, 4) is 0 Å². The number of ketones is 1. The molecule has 0 bridgehead atoms. The zero-order chi connectivity index (χ0) is 17.3. The normalized spacial score (nSPS) is 10.3. The first-order chi connectivity index (χ1) is 10.8. The molecule has 0 aliphatic rings. The highest BCUT2D eigenvalue weighted by molar-refractivity contribution is 6.08. The first-order valence-corrected chi connectivity index (χ1v) is 7.40. The molecule has 2 N–H and O–H groups in total. The predicted octanol–water partition coefficient (Wildman–Crippen LogP) is 3.20. The lowest BCUT2D eigenvalue weighted by molar-refractivity contribution is -0.152. The fourth-order valence-electron chi connectivity index (χ4n) is 1.73. The first kappa shape index (κ1) is 18.6. The molecule has 0 aliphatic carbocycles. The lowest BCUT2D eigenvalue weighted by atomic mass is 10.0. The third-order valence-electron chi connectivity index (χ3n) is 2.66. The van der Waals surface area contributed by atoms with Gasteiger partial charge in [0.25, 0.3) is 0 Å². The summed E-state index contributed by atoms with van der Waals surface area (Å²) in [6, 6.07) is 18.6. The highest BCUT2D eigenvalue weighted by atomic mass is 16.6. The molecule has 0 aliphatic heterocycles. The van der Waals surface area contributed by atoms with Crippen LogP contribution in [-0.4, -0.2) is 23.9 Å². The van der Waals surface area contributed by atoms with E-state index in [1.807, 2.05) is 60.7 Å². The number of hydrogen-bond donors (Lipinski definition) is 1. The van der Waals surface area contributed by atoms with E-state index in [0.29, 0.717) is 0 Å². The molecule has 0 amide bonds. The van der Waals surface area contributed by atoms with Crippen molar-refractivity contribution >= 4 is 11.8 Å². The van der Waals surface area contributed by atoms with E-state index in [9.17, 15) is 9.59 Å². The van der Waals surface area contributed by atoms with Crippen molar-refractivity contribution in [1.29, 1.82) is 0 Å². The minimum atomic E-state index is -0.406. The average molecular weight is 313 g/mol. The molecule has 2 aromatic carbocycles. The molecular weight excluding hydrogens is 290 g/mol. The maximum Gasteiger partial charge on any atom is 0.320 e. The lowest BCUT2D eigenvalue weighted by Gasteiger charge is -2.18. The summed E-state index contributed by atoms with van der Waals surface area (Å²) >= 11 is 0. The molecule has 0 fully saturated rings. The molecule has 0 aromatic heterocycles. The van der Waals surface area contributed by atoms with E-state index in [0.717, 1.165) is 11.1 Å². The Morgan fingerprint density at radius 3 is 1.52 bits per heavy atom. The summed E-state index contributed by atoms with van der Waals surface area (Å²) < 4.78 is 4.82. The zero-order valence-corrected chi connectivity index (χ0v) is 13.8. The van der Waals surface area contributed by atoms with E-state index in [2.05, 4.69) is 0 Å². The van der Waals surface area contributed by atoms with E-state index in [1.165, 1.54) is 0 Å². The number of nitrogens with two attached hydrogens (primary N) is 1. The summed E-state index contributed by atoms with van der Waals surface area (Å²) in [5.41, 5.74) is 6.07. The Hall–Kier alpha value is -2.46. The van der Waals surface area contributed by atoms with Crippen molar-refractivity contribution in [2.24, 2.45) is 5.73 Å². The average Bonchev–Trinajstić information content (AvgIpc) is 2.55. The van der Waals surface area contributed by atoms with Gasteiger partial charge in [0.1, 0.15) is 5.60 Å². The SMILES string of the molecule is CC(C)(C)OC(=O)CN.O=C(c1ccccc1)c1ccccc1. The van der Waals surface area contributed by atoms with Crippen LogP contribution in [0.25, 0.3) is 0 Å². The molecule has 23 heavy (non-hydrogen) atoms. The molecule has 4 nitrogen and oxygen atoms in total. The summed E-state index contributed by atoms with van der Waals surface area (Å²) in [5, 5.41) is 0. The predicted molar refractivity (Wildman–Crippen MR) is 91.2 cm³/mol. The number of esters is 1. The van der Waals surface area contributed by atoms with Gasteiger partial charge < -0.3 is 10.5 Å². The van der Waals surface area contributed by atoms with Gasteiger partial charge in [-0.15, -0.1) is 0 Å². The third-order valence-corrected chi connectivity index (χ3v) is 2.66. The minimum Gasteiger partial charge on any atom is -0.459 e. The van der Waals surface area contributed by atoms with Crippen LogP contribution in [0.1, 0.15) is 36.7 Å². The van der Waals surface area contributed by atoms with Crippen LogP contribution in [-0.2, 0) is 9.53 Å². The van der Waals surface area contributed by atoms with Crippen LogP contribution in [0, 0.1) is 0 Å². The number of ether oxygens (including phenoxy) is 1. The van der Waals surface area contributed by atoms with Gasteiger partial charge in [0.2, 0.25) is 0 Å². The van der Waals surface area contributed by atoms with Crippen LogP contribution in [0.15, 0.2) is 60.7 Å². The Labute approximate surface area is 137 Å². The fraction of sp³-hybridized carbons (Fsp3) is 0.263. The van der Waals surface area contributed by atoms with Gasteiger partial charge >= 0.3 is 5.97 Å². The fourth-order valence-corrected chi connectivity index (χ4v) is 1.73. The second kappa shape index (κ2) is 8.86. The topological polar surface area (TPSA) is 69.4 Å². The maximum atomic E-state index is 11.8. The molecular formula is C19H23NO3. The molecule has 0 atom stereocenters. The molecule has 0 saturated heterocycles. The molecule has 0 heterocycles. The van der Waals surface area contributed by atoms with Gasteiger partial charge in [0, 0.05) is 11.1 Å². The molecule has 122 valence electrons. The van der Waals surface area contributed by atoms with E-state index < -0.39 is 5.60 Å². The Bertz CT molecular complexity index is 575. The van der Waals surface area contributed by atoms with Gasteiger partial charge in [0.15, 0.2) is 5.78 Å². The molecule has 2 aromatic rings. The summed E-state index contributed by atoms with van der Waals surface area (Å²) in [7, 11) is 0. The van der Waals surface area contributed by atoms with E-state index in [4.69, 9.17) is 10.5 Å². The summed E-state index contributed by atoms with van der Waals surface area (Å²) in [5.74, 6) is -0.284. The highest BCUT2D eigenvalue weighted by Gasteiger charge is 2.14. The first-order valence-electron chi connectivity index (χ1n) is 7.40. The van der Waals surface area contributed by atoms with Crippen molar-refractivity contribution < 1.29 is 14.3 Å². The molecule has 0 radical (unpaired) electrons. The van der Waals surface area contributed by atoms with E-state index >= 15 is 0 Å². The minimum absolute atomic E-state index is 0.0444. The van der Waals surface area contributed by atoms with Gasteiger partial charge in [-0.1, -0.05) is 60.7 Å². The monoisotopic (exact) mass is 313 g/mol. The van der Waals surface area contributed by atoms with Crippen LogP contribution in [0.3, 0.4) is 0 Å². The van der Waals surface area contributed by atoms with Gasteiger partial charge in [-0.25, -0.2) is 0 Å². The molecule has 0 unspecified atom stereocenters. The summed E-state index contributed by atoms with van der Waals surface area (Å²) in [6.07, 6.45) is 0. The number of carbonyl (C=O) groups excluding carboxylic acids is 2. The van der Waals surface area contributed by atoms with Crippen LogP contribution < -0.4 is 5.73 Å². The van der Waals surface area contributed by atoms with Crippen LogP contribution in [0.4, 0.5) is 0 Å². The molecule has 4 heteroatoms. The number of benzene rings is 2. The van der Waals surface area contributed by atoms with Crippen molar-refractivity contribution in [1.82, 2.24) is 0 Å². The Morgan fingerprint density at radius 1 is 0.870 bits per heavy atom. The lowest BCUT2D eigenvalue weighted by Crippen LogP contribution is -2.28. The standard InChI is InChI=1S/C13H10O.C6H13NO2/c14-13(11-7-3-1-4-8-11)12-9-5-2-6-10-12;1-6(2,3)9-5(8)4-7/h1-10H;4,7H2,1-3H3. The zero-order valence-electron chi connectivity index (χ0n) is 13.8. The Morgan fingerprint density at radius 2 is 1.26 bits per heavy atom. The molecule has 0 spiro atoms. The second-order valence-corrected chi connectivity index (χ2v) is 5.85. The second-order valence-electron chi connectivity index (χ2n) is 5.85. The molecule has 2 rings (SSSR count). The number of hydrogen-bond acceptors (Lipinski definition) is 4. The molecule has 0 saturated carbocycles. The van der Waals surface area contributed by atoms with Gasteiger partial charge in [0.05, 0.1) is 6.54 Å². The van der Waals surface area contributed by atoms with E-state index in [1.54, 1.807) is 20.8 Å². The van der Waals surface area contributed by atoms with Crippen LogP contribution >= 0.6 is 0 Å². The number of carbonyl (C=O) groups is 2. The van der Waals surface area contributed by atoms with Gasteiger partial charge in [-0.05, 0) is 20.8 Å². The van der Waals surface area contributed by atoms with E-state index in [-0.39, 0.29) is 18.3 Å². The van der Waals surface area contributed by atoms with Crippen LogP contribution in [0.2, 0.25) is 0 Å². The van der Waals surface area contributed by atoms with Crippen LogP contribution in [0.5, 0.6) is 0 Å². The Balaban J connectivity index is 0.000000257. The Kier molecular flexibility index (Phi) is 7.16. The van der Waals surface area contributed by atoms with Gasteiger partial charge in [-0.2, -0.15) is 0 Å². The van der Waals surface area contributed by atoms with Gasteiger partial charge in [-0.3, -0.25) is 9.59 Å². The summed E-state index contributed by atoms with van der Waals surface area (Å²) in [4.78, 5) is 22.3. The highest BCUT2D eigenvalue weighted by Crippen LogP contribution is 2.08.